The van der Waals surface area contributed by atoms with E-state index in [4.69, 9.17) is 9.97 Å². The van der Waals surface area contributed by atoms with Crippen LogP contribution in [0.4, 0.5) is 0 Å². The fourth-order valence-corrected chi connectivity index (χ4v) is 8.59. The summed E-state index contributed by atoms with van der Waals surface area (Å²) in [7, 11) is 0. The van der Waals surface area contributed by atoms with Gasteiger partial charge in [0.05, 0.1) is 11.4 Å². The van der Waals surface area contributed by atoms with Crippen molar-refractivity contribution < 1.29 is 0 Å². The van der Waals surface area contributed by atoms with Crippen molar-refractivity contribution in [1.82, 2.24) is 9.97 Å². The van der Waals surface area contributed by atoms with Crippen molar-refractivity contribution >= 4 is 42.3 Å². The normalized spacial score (nSPS) is 11.4. The van der Waals surface area contributed by atoms with E-state index in [1.807, 2.05) is 29.5 Å². The van der Waals surface area contributed by atoms with Crippen molar-refractivity contribution in [2.24, 2.45) is 0 Å². The molecule has 0 saturated carbocycles. The molecule has 3 heteroatoms. The number of aromatic nitrogens is 2. The molecule has 0 N–H and O–H groups in total. The van der Waals surface area contributed by atoms with Crippen molar-refractivity contribution in [2.75, 3.05) is 0 Å². The molecule has 0 radical (unpaired) electrons. The molecule has 2 nitrogen and oxygen atoms in total. The maximum Gasteiger partial charge on any atom is 0.160 e. The number of fused-ring (bicyclic) bond motifs is 4. The Labute approximate surface area is 312 Å². The van der Waals surface area contributed by atoms with Gasteiger partial charge in [0.1, 0.15) is 0 Å². The predicted octanol–water partition coefficient (Wildman–Crippen LogP) is 14.0. The second kappa shape index (κ2) is 13.1. The predicted molar refractivity (Wildman–Crippen MR) is 225 cm³/mol. The van der Waals surface area contributed by atoms with Crippen LogP contribution in [0.1, 0.15) is 0 Å². The third-order valence-electron chi connectivity index (χ3n) is 10.1. The van der Waals surface area contributed by atoms with Crippen molar-refractivity contribution in [3.05, 3.63) is 194 Å². The molecule has 0 aliphatic carbocycles. The topological polar surface area (TPSA) is 25.8 Å². The molecule has 0 bridgehead atoms. The molecule has 0 unspecified atom stereocenters. The maximum atomic E-state index is 5.31. The van der Waals surface area contributed by atoms with Gasteiger partial charge in [-0.15, -0.1) is 11.3 Å². The number of rotatable bonds is 6. The number of benzene rings is 8. The Morgan fingerprint density at radius 1 is 0.302 bits per heavy atom. The van der Waals surface area contributed by atoms with Gasteiger partial charge in [-0.3, -0.25) is 0 Å². The van der Waals surface area contributed by atoms with Crippen molar-refractivity contribution in [1.29, 1.82) is 0 Å². The van der Waals surface area contributed by atoms with Gasteiger partial charge in [0.25, 0.3) is 0 Å². The summed E-state index contributed by atoms with van der Waals surface area (Å²) < 4.78 is 2.60. The highest BCUT2D eigenvalue weighted by Crippen LogP contribution is 2.41. The van der Waals surface area contributed by atoms with Gasteiger partial charge in [0.15, 0.2) is 5.82 Å². The molecule has 8 aromatic carbocycles. The molecule has 2 heterocycles. The van der Waals surface area contributed by atoms with Crippen LogP contribution in [0.25, 0.3) is 98.2 Å². The van der Waals surface area contributed by atoms with Crippen LogP contribution in [0.2, 0.25) is 0 Å². The van der Waals surface area contributed by atoms with Crippen LogP contribution in [0.5, 0.6) is 0 Å². The van der Waals surface area contributed by atoms with E-state index in [0.717, 1.165) is 50.3 Å². The lowest BCUT2D eigenvalue weighted by Crippen LogP contribution is -1.97. The van der Waals surface area contributed by atoms with E-state index in [0.29, 0.717) is 5.82 Å². The van der Waals surface area contributed by atoms with Crippen LogP contribution >= 0.6 is 11.3 Å². The molecular formula is C50H32N2S. The Bertz CT molecular complexity index is 2940. The Morgan fingerprint density at radius 2 is 0.906 bits per heavy atom. The van der Waals surface area contributed by atoms with Gasteiger partial charge in [0, 0.05) is 36.9 Å². The van der Waals surface area contributed by atoms with Crippen LogP contribution in [-0.4, -0.2) is 9.97 Å². The lowest BCUT2D eigenvalue weighted by Gasteiger charge is -2.15. The molecule has 0 aliphatic rings. The third-order valence-corrected chi connectivity index (χ3v) is 11.2. The summed E-state index contributed by atoms with van der Waals surface area (Å²) in [6.45, 7) is 0. The van der Waals surface area contributed by atoms with Gasteiger partial charge >= 0.3 is 0 Å². The number of nitrogens with zero attached hydrogens (tertiary/aromatic N) is 2. The molecule has 0 saturated heterocycles. The van der Waals surface area contributed by atoms with Crippen LogP contribution < -0.4 is 0 Å². The van der Waals surface area contributed by atoms with E-state index in [1.54, 1.807) is 0 Å². The molecule has 10 rings (SSSR count). The van der Waals surface area contributed by atoms with Crippen molar-refractivity contribution in [3.63, 3.8) is 0 Å². The molecule has 0 aliphatic heterocycles. The summed E-state index contributed by atoms with van der Waals surface area (Å²) in [6, 6.07) is 69.3. The summed E-state index contributed by atoms with van der Waals surface area (Å²) in [4.78, 5) is 10.5. The smallest absolute Gasteiger partial charge is 0.160 e. The zero-order valence-electron chi connectivity index (χ0n) is 28.8. The van der Waals surface area contributed by atoms with Crippen LogP contribution in [0.3, 0.4) is 0 Å². The second-order valence-electron chi connectivity index (χ2n) is 13.4. The Morgan fingerprint density at radius 3 is 1.75 bits per heavy atom. The standard InChI is InChI=1S/C50H32N2S/c1-3-14-33(15-4-1)41-21-9-10-22-43(41)47-32-46(51-50(52-47)35-17-5-2-6-18-35)39-29-37(28-38(30-39)42-24-13-19-34-16-7-8-20-40(34)42)36-26-27-49-45(31-36)44-23-11-12-25-48(44)53-49/h1-32H. The van der Waals surface area contributed by atoms with Crippen molar-refractivity contribution in [3.8, 4) is 67.3 Å². The zero-order chi connectivity index (χ0) is 35.1. The summed E-state index contributed by atoms with van der Waals surface area (Å²) >= 11 is 1.85. The molecule has 0 fully saturated rings. The highest BCUT2D eigenvalue weighted by atomic mass is 32.1. The van der Waals surface area contributed by atoms with E-state index in [2.05, 4.69) is 176 Å². The van der Waals surface area contributed by atoms with E-state index in [9.17, 15) is 0 Å². The Kier molecular flexibility index (Phi) is 7.71. The number of hydrogen-bond donors (Lipinski definition) is 0. The highest BCUT2D eigenvalue weighted by Gasteiger charge is 2.17. The Balaban J connectivity index is 1.23. The first kappa shape index (κ1) is 31.1. The van der Waals surface area contributed by atoms with Gasteiger partial charge in [-0.25, -0.2) is 9.97 Å². The molecule has 2 aromatic heterocycles. The van der Waals surface area contributed by atoms with Gasteiger partial charge < -0.3 is 0 Å². The summed E-state index contributed by atoms with van der Waals surface area (Å²) in [5.41, 5.74) is 11.8. The summed E-state index contributed by atoms with van der Waals surface area (Å²) in [5.74, 6) is 0.698. The van der Waals surface area contributed by atoms with Crippen LogP contribution in [0, 0.1) is 0 Å². The fourth-order valence-electron chi connectivity index (χ4n) is 7.51. The minimum absolute atomic E-state index is 0.698. The zero-order valence-corrected chi connectivity index (χ0v) is 29.6. The second-order valence-corrected chi connectivity index (χ2v) is 14.5. The largest absolute Gasteiger partial charge is 0.228 e. The SMILES string of the molecule is c1ccc(-c2nc(-c3cc(-c4ccc5sc6ccccc6c5c4)cc(-c4cccc5ccccc45)c3)cc(-c3ccccc3-c3ccccc3)n2)cc1. The lowest BCUT2D eigenvalue weighted by molar-refractivity contribution is 1.18. The van der Waals surface area contributed by atoms with Crippen LogP contribution in [-0.2, 0) is 0 Å². The average molecular weight is 693 g/mol. The molecular weight excluding hydrogens is 661 g/mol. The number of thiophene rings is 1. The van der Waals surface area contributed by atoms with E-state index < -0.39 is 0 Å². The molecule has 0 amide bonds. The molecule has 0 spiro atoms. The van der Waals surface area contributed by atoms with Gasteiger partial charge in [-0.2, -0.15) is 0 Å². The first-order valence-corrected chi connectivity index (χ1v) is 18.7. The molecule has 0 atom stereocenters. The Hall–Kier alpha value is -6.68. The van der Waals surface area contributed by atoms with E-state index in [-0.39, 0.29) is 0 Å². The number of hydrogen-bond acceptors (Lipinski definition) is 3. The lowest BCUT2D eigenvalue weighted by atomic mass is 9.91. The first-order chi connectivity index (χ1) is 26.2. The molecule has 53 heavy (non-hydrogen) atoms. The quantitative estimate of drug-likeness (QED) is 0.173. The third kappa shape index (κ3) is 5.78. The molecule has 10 aromatic rings. The molecule has 248 valence electrons. The first-order valence-electron chi connectivity index (χ1n) is 17.9. The highest BCUT2D eigenvalue weighted by molar-refractivity contribution is 7.25. The monoisotopic (exact) mass is 692 g/mol. The maximum absolute atomic E-state index is 5.31. The van der Waals surface area contributed by atoms with E-state index in [1.165, 1.54) is 42.1 Å². The summed E-state index contributed by atoms with van der Waals surface area (Å²) in [5, 5.41) is 5.03. The van der Waals surface area contributed by atoms with Gasteiger partial charge in [-0.1, -0.05) is 152 Å². The van der Waals surface area contributed by atoms with E-state index >= 15 is 0 Å². The van der Waals surface area contributed by atoms with Crippen molar-refractivity contribution in [2.45, 2.75) is 0 Å². The minimum Gasteiger partial charge on any atom is -0.228 e. The average Bonchev–Trinajstić information content (AvgIpc) is 3.62. The van der Waals surface area contributed by atoms with Gasteiger partial charge in [-0.05, 0) is 86.6 Å². The fraction of sp³-hybridized carbons (Fsp3) is 0. The van der Waals surface area contributed by atoms with Gasteiger partial charge in [0.2, 0.25) is 0 Å². The van der Waals surface area contributed by atoms with Crippen LogP contribution in [0.15, 0.2) is 194 Å². The summed E-state index contributed by atoms with van der Waals surface area (Å²) in [6.07, 6.45) is 0. The minimum atomic E-state index is 0.698.